The molecule has 2 aliphatic heterocycles. The van der Waals surface area contributed by atoms with Crippen molar-refractivity contribution in [2.45, 2.75) is 62.3 Å². The number of cyclic esters (lactones) is 1. The van der Waals surface area contributed by atoms with Crippen molar-refractivity contribution in [1.82, 2.24) is 15.1 Å². The Kier molecular flexibility index (Phi) is 7.20. The predicted octanol–water partition coefficient (Wildman–Crippen LogP) is 4.33. The Bertz CT molecular complexity index is 1090. The van der Waals surface area contributed by atoms with Gasteiger partial charge in [0.15, 0.2) is 17.7 Å². The Hall–Kier alpha value is -3.04. The number of likely N-dealkylation sites (tertiary alicyclic amines) is 1. The fourth-order valence-corrected chi connectivity index (χ4v) is 5.92. The molecule has 2 N–H and O–H groups in total. The number of imide groups is 1. The van der Waals surface area contributed by atoms with Gasteiger partial charge in [0.2, 0.25) is 0 Å². The number of hydrogen-bond acceptors (Lipinski definition) is 5. The highest BCUT2D eigenvalue weighted by Gasteiger charge is 2.47. The summed E-state index contributed by atoms with van der Waals surface area (Å²) in [4.78, 5) is 28.9. The molecule has 3 aliphatic rings. The molecule has 1 aliphatic carbocycles. The van der Waals surface area contributed by atoms with Gasteiger partial charge in [0.25, 0.3) is 0 Å². The standard InChI is InChI=1S/C27H31F2N3O4/c28-22-11-8-19(14-23(22)29)25-24(16-33)36-27(35)32(25)26(34)30-20-12-13-31(15-20)21-9-6-18(7-10-21)17-4-2-1-3-5-17/h1-5,8,11,14,18,20-21,24-25,33H,6-7,9-10,12-13,15-16H2,(H,30,34). The van der Waals surface area contributed by atoms with E-state index in [9.17, 15) is 23.5 Å². The Morgan fingerprint density at radius 3 is 2.44 bits per heavy atom. The smallest absolute Gasteiger partial charge is 0.419 e. The van der Waals surface area contributed by atoms with E-state index in [1.165, 1.54) is 11.6 Å². The zero-order valence-electron chi connectivity index (χ0n) is 20.0. The van der Waals surface area contributed by atoms with E-state index in [0.717, 1.165) is 55.7 Å². The summed E-state index contributed by atoms with van der Waals surface area (Å²) in [5.41, 5.74) is 1.58. The van der Waals surface area contributed by atoms with Crippen LogP contribution in [-0.2, 0) is 4.74 Å². The number of nitrogens with one attached hydrogen (secondary N) is 1. The lowest BCUT2D eigenvalue weighted by molar-refractivity contribution is 0.0827. The van der Waals surface area contributed by atoms with Crippen molar-refractivity contribution in [1.29, 1.82) is 0 Å². The third kappa shape index (κ3) is 4.95. The number of amides is 3. The fourth-order valence-electron chi connectivity index (χ4n) is 5.92. The van der Waals surface area contributed by atoms with Crippen LogP contribution in [0, 0.1) is 11.6 Å². The molecule has 2 saturated heterocycles. The Labute approximate surface area is 209 Å². The molecular formula is C27H31F2N3O4. The van der Waals surface area contributed by atoms with E-state index >= 15 is 0 Å². The van der Waals surface area contributed by atoms with Gasteiger partial charge in [-0.15, -0.1) is 0 Å². The van der Waals surface area contributed by atoms with E-state index in [1.807, 2.05) is 6.07 Å². The number of nitrogens with zero attached hydrogens (tertiary/aromatic N) is 2. The number of aliphatic hydroxyl groups is 1. The van der Waals surface area contributed by atoms with Crippen LogP contribution in [-0.4, -0.2) is 64.9 Å². The number of ether oxygens (including phenoxy) is 1. The molecule has 7 nitrogen and oxygen atoms in total. The minimum Gasteiger partial charge on any atom is -0.441 e. The van der Waals surface area contributed by atoms with Crippen LogP contribution in [0.1, 0.15) is 55.2 Å². The van der Waals surface area contributed by atoms with Gasteiger partial charge in [-0.3, -0.25) is 4.90 Å². The summed E-state index contributed by atoms with van der Waals surface area (Å²) < 4.78 is 32.5. The summed E-state index contributed by atoms with van der Waals surface area (Å²) in [6.45, 7) is 0.999. The molecule has 192 valence electrons. The molecule has 0 spiro atoms. The van der Waals surface area contributed by atoms with Gasteiger partial charge in [-0.25, -0.2) is 23.3 Å². The Morgan fingerprint density at radius 1 is 1.00 bits per heavy atom. The summed E-state index contributed by atoms with van der Waals surface area (Å²) in [6.07, 6.45) is 3.26. The van der Waals surface area contributed by atoms with Gasteiger partial charge in [0.1, 0.15) is 6.04 Å². The number of aliphatic hydroxyl groups excluding tert-OH is 1. The minimum atomic E-state index is -1.10. The molecule has 0 bridgehead atoms. The highest BCUT2D eigenvalue weighted by Crippen LogP contribution is 2.36. The zero-order chi connectivity index (χ0) is 25.2. The summed E-state index contributed by atoms with van der Waals surface area (Å²) in [5, 5.41) is 12.6. The minimum absolute atomic E-state index is 0.143. The molecule has 0 aromatic heterocycles. The third-order valence-electron chi connectivity index (χ3n) is 7.79. The van der Waals surface area contributed by atoms with Crippen LogP contribution >= 0.6 is 0 Å². The van der Waals surface area contributed by atoms with Crippen LogP contribution < -0.4 is 5.32 Å². The van der Waals surface area contributed by atoms with Gasteiger partial charge in [0, 0.05) is 25.2 Å². The number of hydrogen-bond donors (Lipinski definition) is 2. The molecule has 3 atom stereocenters. The normalized spacial score (nSPS) is 28.8. The quantitative estimate of drug-likeness (QED) is 0.640. The molecule has 2 aromatic rings. The SMILES string of the molecule is O=C(NC1CCN(C2CCC(c3ccccc3)CC2)C1)N1C(=O)OC(CO)C1c1ccc(F)c(F)c1. The van der Waals surface area contributed by atoms with E-state index in [4.69, 9.17) is 4.74 Å². The number of urea groups is 1. The first-order valence-corrected chi connectivity index (χ1v) is 12.6. The molecule has 0 radical (unpaired) electrons. The molecule has 3 unspecified atom stereocenters. The summed E-state index contributed by atoms with van der Waals surface area (Å²) >= 11 is 0. The molecule has 3 amide bonds. The van der Waals surface area contributed by atoms with Crippen LogP contribution in [0.15, 0.2) is 48.5 Å². The maximum absolute atomic E-state index is 13.9. The molecule has 2 heterocycles. The van der Waals surface area contributed by atoms with E-state index in [2.05, 4.69) is 34.5 Å². The van der Waals surface area contributed by atoms with Crippen molar-refractivity contribution in [3.63, 3.8) is 0 Å². The second kappa shape index (κ2) is 10.5. The van der Waals surface area contributed by atoms with Crippen molar-refractivity contribution in [2.24, 2.45) is 0 Å². The molecule has 5 rings (SSSR count). The molecular weight excluding hydrogens is 468 g/mol. The van der Waals surface area contributed by atoms with Gasteiger partial charge in [0.05, 0.1) is 6.61 Å². The van der Waals surface area contributed by atoms with Gasteiger partial charge in [-0.2, -0.15) is 0 Å². The molecule has 36 heavy (non-hydrogen) atoms. The topological polar surface area (TPSA) is 82.1 Å². The van der Waals surface area contributed by atoms with Gasteiger partial charge in [-0.1, -0.05) is 36.4 Å². The van der Waals surface area contributed by atoms with Crippen molar-refractivity contribution in [2.75, 3.05) is 19.7 Å². The average Bonchev–Trinajstić information content (AvgIpc) is 3.50. The van der Waals surface area contributed by atoms with Gasteiger partial charge < -0.3 is 15.2 Å². The average molecular weight is 500 g/mol. The van der Waals surface area contributed by atoms with Crippen molar-refractivity contribution in [3.8, 4) is 0 Å². The van der Waals surface area contributed by atoms with Crippen LogP contribution in [0.4, 0.5) is 18.4 Å². The second-order valence-corrected chi connectivity index (χ2v) is 9.94. The van der Waals surface area contributed by atoms with Crippen molar-refractivity contribution < 1.29 is 28.2 Å². The summed E-state index contributed by atoms with van der Waals surface area (Å²) in [5.74, 6) is -1.55. The highest BCUT2D eigenvalue weighted by atomic mass is 19.2. The second-order valence-electron chi connectivity index (χ2n) is 9.94. The van der Waals surface area contributed by atoms with Crippen molar-refractivity contribution in [3.05, 3.63) is 71.3 Å². The fraction of sp³-hybridized carbons (Fsp3) is 0.481. The van der Waals surface area contributed by atoms with E-state index in [1.54, 1.807) is 0 Å². The first kappa shape index (κ1) is 24.6. The number of rotatable bonds is 5. The Morgan fingerprint density at radius 2 is 1.75 bits per heavy atom. The third-order valence-corrected chi connectivity index (χ3v) is 7.79. The maximum atomic E-state index is 13.9. The lowest BCUT2D eigenvalue weighted by Gasteiger charge is -2.35. The Balaban J connectivity index is 1.19. The monoisotopic (exact) mass is 499 g/mol. The van der Waals surface area contributed by atoms with Crippen molar-refractivity contribution >= 4 is 12.1 Å². The van der Waals surface area contributed by atoms with E-state index in [0.29, 0.717) is 18.5 Å². The van der Waals surface area contributed by atoms with E-state index < -0.39 is 42.5 Å². The predicted molar refractivity (Wildman–Crippen MR) is 128 cm³/mol. The number of halogens is 2. The molecule has 2 aromatic carbocycles. The zero-order valence-corrected chi connectivity index (χ0v) is 20.0. The van der Waals surface area contributed by atoms with Crippen LogP contribution in [0.2, 0.25) is 0 Å². The molecule has 1 saturated carbocycles. The first-order chi connectivity index (χ1) is 17.4. The number of carbonyl (C=O) groups is 2. The van der Waals surface area contributed by atoms with Gasteiger partial charge in [-0.05, 0) is 61.3 Å². The summed E-state index contributed by atoms with van der Waals surface area (Å²) in [6, 6.07) is 12.4. The van der Waals surface area contributed by atoms with Gasteiger partial charge >= 0.3 is 12.1 Å². The first-order valence-electron chi connectivity index (χ1n) is 12.6. The number of benzene rings is 2. The van der Waals surface area contributed by atoms with Crippen LogP contribution in [0.3, 0.4) is 0 Å². The lowest BCUT2D eigenvalue weighted by atomic mass is 9.81. The molecule has 9 heteroatoms. The highest BCUT2D eigenvalue weighted by molar-refractivity contribution is 5.93. The lowest BCUT2D eigenvalue weighted by Crippen LogP contribution is -2.48. The number of carbonyl (C=O) groups excluding carboxylic acids is 2. The largest absolute Gasteiger partial charge is 0.441 e. The van der Waals surface area contributed by atoms with Crippen LogP contribution in [0.25, 0.3) is 0 Å². The maximum Gasteiger partial charge on any atom is 0.419 e. The molecule has 3 fully saturated rings. The van der Waals surface area contributed by atoms with E-state index in [-0.39, 0.29) is 11.6 Å². The summed E-state index contributed by atoms with van der Waals surface area (Å²) in [7, 11) is 0. The van der Waals surface area contributed by atoms with Crippen LogP contribution in [0.5, 0.6) is 0 Å².